The fourth-order valence-electron chi connectivity index (χ4n) is 2.17. The molecule has 0 saturated heterocycles. The lowest BCUT2D eigenvalue weighted by molar-refractivity contribution is 0.317. The number of rotatable bonds is 7. The van der Waals surface area contributed by atoms with Crippen LogP contribution in [0.15, 0.2) is 54.6 Å². The summed E-state index contributed by atoms with van der Waals surface area (Å²) < 4.78 is 5.60. The molecular formula is C18H23NO. The molecule has 1 unspecified atom stereocenters. The monoisotopic (exact) mass is 269 g/mol. The molecule has 20 heavy (non-hydrogen) atoms. The molecule has 1 N–H and O–H groups in total. The minimum Gasteiger partial charge on any atom is -0.494 e. The van der Waals surface area contributed by atoms with Gasteiger partial charge in [0, 0.05) is 5.69 Å². The molecule has 1 atom stereocenters. The first-order valence-electron chi connectivity index (χ1n) is 7.37. The van der Waals surface area contributed by atoms with E-state index in [0.29, 0.717) is 6.04 Å². The standard InChI is InChI=1S/C18H23NO/c1-3-14-20-17-12-10-16(11-13-17)19-18(4-2)15-8-6-5-7-9-15/h5-13,18-19H,3-4,14H2,1-2H3. The van der Waals surface area contributed by atoms with E-state index in [1.165, 1.54) is 5.56 Å². The van der Waals surface area contributed by atoms with Crippen molar-refractivity contribution in [1.29, 1.82) is 0 Å². The lowest BCUT2D eigenvalue weighted by Crippen LogP contribution is -2.09. The summed E-state index contributed by atoms with van der Waals surface area (Å²) in [5, 5.41) is 3.57. The summed E-state index contributed by atoms with van der Waals surface area (Å²) in [5.41, 5.74) is 2.45. The molecule has 0 aromatic heterocycles. The fraction of sp³-hybridized carbons (Fsp3) is 0.333. The van der Waals surface area contributed by atoms with Crippen molar-refractivity contribution in [3.63, 3.8) is 0 Å². The Hall–Kier alpha value is -1.96. The van der Waals surface area contributed by atoms with E-state index in [9.17, 15) is 0 Å². The normalized spacial score (nSPS) is 11.9. The molecule has 2 rings (SSSR count). The molecule has 0 fully saturated rings. The zero-order chi connectivity index (χ0) is 14.2. The van der Waals surface area contributed by atoms with Crippen molar-refractivity contribution in [2.24, 2.45) is 0 Å². The highest BCUT2D eigenvalue weighted by molar-refractivity contribution is 5.48. The van der Waals surface area contributed by atoms with E-state index < -0.39 is 0 Å². The van der Waals surface area contributed by atoms with Crippen molar-refractivity contribution in [3.05, 3.63) is 60.2 Å². The Labute approximate surface area is 121 Å². The van der Waals surface area contributed by atoms with Crippen molar-refractivity contribution in [2.75, 3.05) is 11.9 Å². The fourth-order valence-corrected chi connectivity index (χ4v) is 2.17. The summed E-state index contributed by atoms with van der Waals surface area (Å²) in [6, 6.07) is 19.1. The molecule has 0 radical (unpaired) electrons. The van der Waals surface area contributed by atoms with Crippen LogP contribution in [0.2, 0.25) is 0 Å². The average molecular weight is 269 g/mol. The molecule has 106 valence electrons. The molecule has 0 amide bonds. The maximum atomic E-state index is 5.60. The third-order valence-electron chi connectivity index (χ3n) is 3.28. The molecule has 0 aliphatic carbocycles. The van der Waals surface area contributed by atoms with Gasteiger partial charge in [0.05, 0.1) is 12.6 Å². The lowest BCUT2D eigenvalue weighted by Gasteiger charge is -2.19. The number of hydrogen-bond donors (Lipinski definition) is 1. The van der Waals surface area contributed by atoms with E-state index in [-0.39, 0.29) is 0 Å². The van der Waals surface area contributed by atoms with Crippen LogP contribution in [0.1, 0.15) is 38.3 Å². The molecular weight excluding hydrogens is 246 g/mol. The maximum absolute atomic E-state index is 5.60. The van der Waals surface area contributed by atoms with Crippen LogP contribution in [0.5, 0.6) is 5.75 Å². The van der Waals surface area contributed by atoms with Gasteiger partial charge in [0.25, 0.3) is 0 Å². The van der Waals surface area contributed by atoms with E-state index in [2.05, 4.69) is 61.6 Å². The predicted octanol–water partition coefficient (Wildman–Crippen LogP) is 5.04. The number of nitrogens with one attached hydrogen (secondary N) is 1. The smallest absolute Gasteiger partial charge is 0.119 e. The molecule has 0 aliphatic rings. The first-order chi connectivity index (χ1) is 9.83. The lowest BCUT2D eigenvalue weighted by atomic mass is 10.0. The van der Waals surface area contributed by atoms with Gasteiger partial charge >= 0.3 is 0 Å². The van der Waals surface area contributed by atoms with Crippen LogP contribution >= 0.6 is 0 Å². The van der Waals surface area contributed by atoms with Crippen LogP contribution in [0.3, 0.4) is 0 Å². The van der Waals surface area contributed by atoms with Gasteiger partial charge in [-0.15, -0.1) is 0 Å². The largest absolute Gasteiger partial charge is 0.494 e. The van der Waals surface area contributed by atoms with Crippen LogP contribution in [-0.2, 0) is 0 Å². The number of hydrogen-bond acceptors (Lipinski definition) is 2. The van der Waals surface area contributed by atoms with Gasteiger partial charge in [0.1, 0.15) is 5.75 Å². The Morgan fingerprint density at radius 2 is 1.65 bits per heavy atom. The van der Waals surface area contributed by atoms with Crippen LogP contribution in [0.4, 0.5) is 5.69 Å². The Balaban J connectivity index is 2.01. The molecule has 2 heteroatoms. The molecule has 2 aromatic rings. The van der Waals surface area contributed by atoms with Crippen LogP contribution in [-0.4, -0.2) is 6.61 Å². The summed E-state index contributed by atoms with van der Waals surface area (Å²) >= 11 is 0. The van der Waals surface area contributed by atoms with Crippen LogP contribution in [0, 0.1) is 0 Å². The number of benzene rings is 2. The van der Waals surface area contributed by atoms with E-state index in [0.717, 1.165) is 30.9 Å². The van der Waals surface area contributed by atoms with Gasteiger partial charge in [0.2, 0.25) is 0 Å². The van der Waals surface area contributed by atoms with Crippen molar-refractivity contribution in [2.45, 2.75) is 32.7 Å². The Morgan fingerprint density at radius 3 is 2.25 bits per heavy atom. The van der Waals surface area contributed by atoms with Gasteiger partial charge in [-0.05, 0) is 42.7 Å². The molecule has 2 aromatic carbocycles. The highest BCUT2D eigenvalue weighted by atomic mass is 16.5. The van der Waals surface area contributed by atoms with Crippen molar-refractivity contribution >= 4 is 5.69 Å². The van der Waals surface area contributed by atoms with E-state index in [4.69, 9.17) is 4.74 Å². The topological polar surface area (TPSA) is 21.3 Å². The quantitative estimate of drug-likeness (QED) is 0.760. The first-order valence-corrected chi connectivity index (χ1v) is 7.37. The van der Waals surface area contributed by atoms with Gasteiger partial charge < -0.3 is 10.1 Å². The second-order valence-electron chi connectivity index (χ2n) is 4.89. The second-order valence-corrected chi connectivity index (χ2v) is 4.89. The average Bonchev–Trinajstić information content (AvgIpc) is 2.52. The minimum absolute atomic E-state index is 0.346. The maximum Gasteiger partial charge on any atom is 0.119 e. The van der Waals surface area contributed by atoms with E-state index in [1.807, 2.05) is 12.1 Å². The molecule has 0 bridgehead atoms. The summed E-state index contributed by atoms with van der Waals surface area (Å²) in [6.45, 7) is 5.08. The molecule has 0 saturated carbocycles. The van der Waals surface area contributed by atoms with Gasteiger partial charge in [-0.25, -0.2) is 0 Å². The molecule has 0 heterocycles. The molecule has 2 nitrogen and oxygen atoms in total. The summed E-state index contributed by atoms with van der Waals surface area (Å²) in [4.78, 5) is 0. The number of ether oxygens (including phenoxy) is 1. The molecule has 0 spiro atoms. The van der Waals surface area contributed by atoms with Gasteiger partial charge in [-0.3, -0.25) is 0 Å². The SMILES string of the molecule is CCCOc1ccc(NC(CC)c2ccccc2)cc1. The third kappa shape index (κ3) is 4.02. The zero-order valence-corrected chi connectivity index (χ0v) is 12.3. The predicted molar refractivity (Wildman–Crippen MR) is 85.3 cm³/mol. The summed E-state index contributed by atoms with van der Waals surface area (Å²) in [7, 11) is 0. The van der Waals surface area contributed by atoms with Crippen molar-refractivity contribution < 1.29 is 4.74 Å². The highest BCUT2D eigenvalue weighted by Gasteiger charge is 2.08. The summed E-state index contributed by atoms with van der Waals surface area (Å²) in [6.07, 6.45) is 2.09. The van der Waals surface area contributed by atoms with Crippen LogP contribution in [0.25, 0.3) is 0 Å². The van der Waals surface area contributed by atoms with Crippen molar-refractivity contribution in [1.82, 2.24) is 0 Å². The highest BCUT2D eigenvalue weighted by Crippen LogP contribution is 2.24. The third-order valence-corrected chi connectivity index (χ3v) is 3.28. The van der Waals surface area contributed by atoms with Gasteiger partial charge in [0.15, 0.2) is 0 Å². The second kappa shape index (κ2) is 7.59. The Morgan fingerprint density at radius 1 is 0.950 bits per heavy atom. The Kier molecular flexibility index (Phi) is 5.48. The van der Waals surface area contributed by atoms with Crippen molar-refractivity contribution in [3.8, 4) is 5.75 Å². The minimum atomic E-state index is 0.346. The van der Waals surface area contributed by atoms with E-state index >= 15 is 0 Å². The van der Waals surface area contributed by atoms with Gasteiger partial charge in [-0.1, -0.05) is 44.2 Å². The van der Waals surface area contributed by atoms with Crippen LogP contribution < -0.4 is 10.1 Å². The Bertz CT molecular complexity index is 493. The summed E-state index contributed by atoms with van der Waals surface area (Å²) in [5.74, 6) is 0.935. The van der Waals surface area contributed by atoms with Gasteiger partial charge in [-0.2, -0.15) is 0 Å². The zero-order valence-electron chi connectivity index (χ0n) is 12.3. The number of anilines is 1. The first kappa shape index (κ1) is 14.4. The van der Waals surface area contributed by atoms with E-state index in [1.54, 1.807) is 0 Å². The molecule has 0 aliphatic heterocycles.